The molecule has 1 aromatic rings. The van der Waals surface area contributed by atoms with Crippen molar-refractivity contribution >= 4 is 29.0 Å². The fourth-order valence-electron chi connectivity index (χ4n) is 3.57. The van der Waals surface area contributed by atoms with Crippen molar-refractivity contribution in [1.82, 2.24) is 9.80 Å². The molecule has 2 rings (SSSR count). The lowest BCUT2D eigenvalue weighted by Gasteiger charge is -2.37. The molecule has 1 fully saturated rings. The van der Waals surface area contributed by atoms with Gasteiger partial charge in [0, 0.05) is 47.3 Å². The molecular formula is C19H28N2O4S. The fraction of sp³-hybridized carbons (Fsp3) is 0.632. The summed E-state index contributed by atoms with van der Waals surface area (Å²) < 4.78 is 0. The third kappa shape index (κ3) is 5.38. The summed E-state index contributed by atoms with van der Waals surface area (Å²) in [6.45, 7) is 7.87. The Hall–Kier alpha value is -1.73. The van der Waals surface area contributed by atoms with Crippen LogP contribution < -0.4 is 0 Å². The lowest BCUT2D eigenvalue weighted by atomic mass is 10.0. The Morgan fingerprint density at radius 2 is 1.88 bits per heavy atom. The van der Waals surface area contributed by atoms with E-state index < -0.39 is 5.97 Å². The van der Waals surface area contributed by atoms with E-state index in [-0.39, 0.29) is 37.1 Å². The number of piperidine rings is 1. The number of rotatable bonds is 8. The van der Waals surface area contributed by atoms with Gasteiger partial charge >= 0.3 is 5.97 Å². The summed E-state index contributed by atoms with van der Waals surface area (Å²) in [6, 6.07) is 2.11. The van der Waals surface area contributed by atoms with Crippen LogP contribution in [0.3, 0.4) is 0 Å². The molecule has 1 N–H and O–H groups in total. The highest BCUT2D eigenvalue weighted by Gasteiger charge is 2.27. The Labute approximate surface area is 158 Å². The van der Waals surface area contributed by atoms with Gasteiger partial charge in [0.1, 0.15) is 0 Å². The van der Waals surface area contributed by atoms with Crippen LogP contribution in [0, 0.1) is 13.8 Å². The summed E-state index contributed by atoms with van der Waals surface area (Å²) in [5.41, 5.74) is 0.742. The zero-order valence-electron chi connectivity index (χ0n) is 15.8. The van der Waals surface area contributed by atoms with Gasteiger partial charge in [-0.1, -0.05) is 6.92 Å². The van der Waals surface area contributed by atoms with E-state index in [1.165, 1.54) is 0 Å². The van der Waals surface area contributed by atoms with Crippen LogP contribution in [-0.4, -0.2) is 64.8 Å². The van der Waals surface area contributed by atoms with E-state index in [0.29, 0.717) is 19.6 Å². The summed E-state index contributed by atoms with van der Waals surface area (Å²) in [7, 11) is 0. The molecule has 144 valence electrons. The maximum absolute atomic E-state index is 12.4. The molecule has 1 saturated heterocycles. The third-order valence-corrected chi connectivity index (χ3v) is 5.95. The van der Waals surface area contributed by atoms with E-state index >= 15 is 0 Å². The smallest absolute Gasteiger partial charge is 0.317 e. The molecule has 7 heteroatoms. The standard InChI is InChI=1S/C19H28N2O4S/c1-4-20(12-19(24)25)15-7-9-21(10-8-15)18(23)6-5-17(22)16-11-13(2)26-14(16)3/h11,15H,4-10,12H2,1-3H3,(H,24,25). The zero-order valence-corrected chi connectivity index (χ0v) is 16.6. The third-order valence-electron chi connectivity index (χ3n) is 4.99. The first kappa shape index (κ1) is 20.6. The van der Waals surface area contributed by atoms with E-state index in [1.807, 2.05) is 36.6 Å². The number of aryl methyl sites for hydroxylation is 2. The number of carbonyl (C=O) groups excluding carboxylic acids is 2. The maximum Gasteiger partial charge on any atom is 0.317 e. The van der Waals surface area contributed by atoms with Crippen LogP contribution in [-0.2, 0) is 9.59 Å². The SMILES string of the molecule is CCN(CC(=O)O)C1CCN(C(=O)CCC(=O)c2cc(C)sc2C)CC1. The van der Waals surface area contributed by atoms with Gasteiger partial charge < -0.3 is 10.0 Å². The second-order valence-electron chi connectivity index (χ2n) is 6.82. The van der Waals surface area contributed by atoms with Crippen molar-refractivity contribution in [2.45, 2.75) is 52.5 Å². The van der Waals surface area contributed by atoms with Crippen molar-refractivity contribution in [2.75, 3.05) is 26.2 Å². The number of hydrogen-bond donors (Lipinski definition) is 1. The number of likely N-dealkylation sites (tertiary alicyclic amines) is 1. The van der Waals surface area contributed by atoms with Crippen LogP contribution in [0.25, 0.3) is 0 Å². The molecule has 0 unspecified atom stereocenters. The molecule has 1 aromatic heterocycles. The number of carboxylic acid groups (broad SMARTS) is 1. The van der Waals surface area contributed by atoms with Gasteiger partial charge in [0.2, 0.25) is 5.91 Å². The second-order valence-corrected chi connectivity index (χ2v) is 8.28. The van der Waals surface area contributed by atoms with Crippen molar-refractivity contribution in [1.29, 1.82) is 0 Å². The van der Waals surface area contributed by atoms with E-state index in [0.717, 1.165) is 28.2 Å². The van der Waals surface area contributed by atoms with Crippen molar-refractivity contribution < 1.29 is 19.5 Å². The normalized spacial score (nSPS) is 15.5. The number of thiophene rings is 1. The molecule has 6 nitrogen and oxygen atoms in total. The van der Waals surface area contributed by atoms with Crippen LogP contribution in [0.1, 0.15) is 52.7 Å². The van der Waals surface area contributed by atoms with Crippen molar-refractivity contribution in [3.8, 4) is 0 Å². The minimum absolute atomic E-state index is 0.0164. The Balaban J connectivity index is 1.80. The molecular weight excluding hydrogens is 352 g/mol. The van der Waals surface area contributed by atoms with E-state index in [2.05, 4.69) is 0 Å². The minimum Gasteiger partial charge on any atom is -0.480 e. The van der Waals surface area contributed by atoms with Crippen molar-refractivity contribution in [3.05, 3.63) is 21.4 Å². The van der Waals surface area contributed by atoms with Crippen LogP contribution in [0.4, 0.5) is 0 Å². The molecule has 1 aliphatic heterocycles. The Bertz CT molecular complexity index is 662. The van der Waals surface area contributed by atoms with Gasteiger partial charge in [-0.15, -0.1) is 11.3 Å². The lowest BCUT2D eigenvalue weighted by Crippen LogP contribution is -2.48. The van der Waals surface area contributed by atoms with Crippen LogP contribution in [0.5, 0.6) is 0 Å². The summed E-state index contributed by atoms with van der Waals surface area (Å²) >= 11 is 1.61. The molecule has 0 saturated carbocycles. The molecule has 0 atom stereocenters. The molecule has 0 radical (unpaired) electrons. The van der Waals surface area contributed by atoms with Gasteiger partial charge in [-0.2, -0.15) is 0 Å². The van der Waals surface area contributed by atoms with Crippen molar-refractivity contribution in [3.63, 3.8) is 0 Å². The summed E-state index contributed by atoms with van der Waals surface area (Å²) in [5, 5.41) is 8.99. The molecule has 26 heavy (non-hydrogen) atoms. The summed E-state index contributed by atoms with van der Waals surface area (Å²) in [6.07, 6.45) is 2.05. The fourth-order valence-corrected chi connectivity index (χ4v) is 4.52. The average molecular weight is 381 g/mol. The molecule has 2 heterocycles. The first-order valence-corrected chi connectivity index (χ1v) is 9.97. The van der Waals surface area contributed by atoms with E-state index in [9.17, 15) is 14.4 Å². The summed E-state index contributed by atoms with van der Waals surface area (Å²) in [5.74, 6) is -0.765. The summed E-state index contributed by atoms with van der Waals surface area (Å²) in [4.78, 5) is 41.6. The molecule has 0 aliphatic carbocycles. The highest BCUT2D eigenvalue weighted by Crippen LogP contribution is 2.23. The van der Waals surface area contributed by atoms with Crippen LogP contribution in [0.2, 0.25) is 0 Å². The minimum atomic E-state index is -0.817. The highest BCUT2D eigenvalue weighted by molar-refractivity contribution is 7.12. The zero-order chi connectivity index (χ0) is 19.3. The van der Waals surface area contributed by atoms with Crippen molar-refractivity contribution in [2.24, 2.45) is 0 Å². The number of likely N-dealkylation sites (N-methyl/N-ethyl adjacent to an activating group) is 1. The number of aliphatic carboxylic acids is 1. The maximum atomic E-state index is 12.4. The second kappa shape index (κ2) is 9.28. The highest BCUT2D eigenvalue weighted by atomic mass is 32.1. The van der Waals surface area contributed by atoms with Crippen LogP contribution in [0.15, 0.2) is 6.07 Å². The molecule has 1 amide bonds. The van der Waals surface area contributed by atoms with Gasteiger partial charge in [0.15, 0.2) is 5.78 Å². The number of carbonyl (C=O) groups is 3. The molecule has 1 aliphatic rings. The monoisotopic (exact) mass is 380 g/mol. The quantitative estimate of drug-likeness (QED) is 0.702. The van der Waals surface area contributed by atoms with Crippen LogP contribution >= 0.6 is 11.3 Å². The number of hydrogen-bond acceptors (Lipinski definition) is 5. The van der Waals surface area contributed by atoms with Gasteiger partial charge in [0.05, 0.1) is 6.54 Å². The predicted molar refractivity (Wildman–Crippen MR) is 102 cm³/mol. The molecule has 0 bridgehead atoms. The first-order valence-electron chi connectivity index (χ1n) is 9.15. The number of Topliss-reactive ketones (excluding diaryl/α,β-unsaturated/α-hetero) is 1. The van der Waals surface area contributed by atoms with E-state index in [1.54, 1.807) is 11.3 Å². The number of nitrogens with zero attached hydrogens (tertiary/aromatic N) is 2. The number of amides is 1. The Morgan fingerprint density at radius 1 is 1.23 bits per heavy atom. The topological polar surface area (TPSA) is 77.9 Å². The molecule has 0 spiro atoms. The predicted octanol–water partition coefficient (Wildman–Crippen LogP) is 2.73. The average Bonchev–Trinajstić information content (AvgIpc) is 2.95. The Morgan fingerprint density at radius 3 is 2.38 bits per heavy atom. The van der Waals surface area contributed by atoms with Gasteiger partial charge in [-0.25, -0.2) is 0 Å². The van der Waals surface area contributed by atoms with E-state index in [4.69, 9.17) is 5.11 Å². The first-order chi connectivity index (χ1) is 12.3. The number of carboxylic acids is 1. The van der Waals surface area contributed by atoms with Gasteiger partial charge in [-0.05, 0) is 39.3 Å². The van der Waals surface area contributed by atoms with Gasteiger partial charge in [0.25, 0.3) is 0 Å². The number of ketones is 1. The van der Waals surface area contributed by atoms with Gasteiger partial charge in [-0.3, -0.25) is 19.3 Å². The molecule has 0 aromatic carbocycles. The largest absolute Gasteiger partial charge is 0.480 e. The Kier molecular flexibility index (Phi) is 7.34. The lowest BCUT2D eigenvalue weighted by molar-refractivity contribution is -0.140.